The van der Waals surface area contributed by atoms with Gasteiger partial charge in [0.05, 0.1) is 4.90 Å². The van der Waals surface area contributed by atoms with E-state index in [1.165, 1.54) is 7.05 Å². The first kappa shape index (κ1) is 15.4. The summed E-state index contributed by atoms with van der Waals surface area (Å²) >= 11 is 0. The van der Waals surface area contributed by atoms with Crippen molar-refractivity contribution in [2.24, 2.45) is 0 Å². The Kier molecular flexibility index (Phi) is 4.24. The summed E-state index contributed by atoms with van der Waals surface area (Å²) in [5, 5.41) is 0. The van der Waals surface area contributed by atoms with Gasteiger partial charge in [0.2, 0.25) is 10.0 Å². The molecule has 0 aliphatic rings. The minimum Gasteiger partial charge on any atom is -0.399 e. The molecule has 0 heterocycles. The third-order valence-electron chi connectivity index (χ3n) is 2.98. The molecule has 112 valence electrons. The quantitative estimate of drug-likeness (QED) is 0.882. The van der Waals surface area contributed by atoms with Crippen molar-refractivity contribution < 1.29 is 17.2 Å². The van der Waals surface area contributed by atoms with Crippen molar-refractivity contribution in [2.75, 3.05) is 12.8 Å². The normalized spacial score (nSPS) is 11.8. The molecule has 0 amide bonds. The van der Waals surface area contributed by atoms with Gasteiger partial charge in [-0.25, -0.2) is 17.2 Å². The van der Waals surface area contributed by atoms with Crippen molar-refractivity contribution in [3.8, 4) is 0 Å². The summed E-state index contributed by atoms with van der Waals surface area (Å²) in [5.74, 6) is -2.29. The van der Waals surface area contributed by atoms with E-state index in [1.54, 1.807) is 24.3 Å². The smallest absolute Gasteiger partial charge is 0.243 e. The number of nitrogen functional groups attached to an aromatic ring is 1. The molecule has 0 aliphatic heterocycles. The maximum Gasteiger partial charge on any atom is 0.243 e. The molecule has 0 aliphatic carbocycles. The molecule has 2 aromatic rings. The highest BCUT2D eigenvalue weighted by atomic mass is 32.2. The van der Waals surface area contributed by atoms with E-state index >= 15 is 0 Å². The lowest BCUT2D eigenvalue weighted by molar-refractivity contribution is 0.463. The Morgan fingerprint density at radius 1 is 1.05 bits per heavy atom. The van der Waals surface area contributed by atoms with Crippen LogP contribution in [0, 0.1) is 11.6 Å². The Morgan fingerprint density at radius 3 is 2.24 bits per heavy atom. The molecule has 2 aromatic carbocycles. The second-order valence-electron chi connectivity index (χ2n) is 4.58. The molecule has 7 heteroatoms. The number of anilines is 1. The first-order chi connectivity index (χ1) is 9.80. The van der Waals surface area contributed by atoms with Crippen LogP contribution in [0.5, 0.6) is 0 Å². The topological polar surface area (TPSA) is 63.4 Å². The summed E-state index contributed by atoms with van der Waals surface area (Å²) in [5.41, 5.74) is 6.86. The molecule has 0 saturated heterocycles. The third-order valence-corrected chi connectivity index (χ3v) is 4.78. The number of rotatable bonds is 4. The molecule has 21 heavy (non-hydrogen) atoms. The first-order valence-electron chi connectivity index (χ1n) is 6.06. The highest BCUT2D eigenvalue weighted by Gasteiger charge is 2.22. The van der Waals surface area contributed by atoms with Crippen LogP contribution in [0.1, 0.15) is 5.56 Å². The van der Waals surface area contributed by atoms with Crippen molar-refractivity contribution >= 4 is 15.7 Å². The highest BCUT2D eigenvalue weighted by Crippen LogP contribution is 2.19. The number of hydrogen-bond acceptors (Lipinski definition) is 3. The Morgan fingerprint density at radius 2 is 1.67 bits per heavy atom. The fourth-order valence-electron chi connectivity index (χ4n) is 1.78. The van der Waals surface area contributed by atoms with Gasteiger partial charge in [0.1, 0.15) is 0 Å². The molecule has 4 nitrogen and oxygen atoms in total. The zero-order chi connectivity index (χ0) is 15.6. The van der Waals surface area contributed by atoms with Crippen LogP contribution in [0.3, 0.4) is 0 Å². The summed E-state index contributed by atoms with van der Waals surface area (Å²) in [6, 6.07) is 9.22. The molecule has 0 saturated carbocycles. The number of nitrogens with zero attached hydrogens (tertiary/aromatic N) is 1. The predicted molar refractivity (Wildman–Crippen MR) is 75.9 cm³/mol. The van der Waals surface area contributed by atoms with E-state index in [9.17, 15) is 17.2 Å². The Hall–Kier alpha value is -1.99. The van der Waals surface area contributed by atoms with Gasteiger partial charge in [-0.05, 0) is 35.9 Å². The summed E-state index contributed by atoms with van der Waals surface area (Å²) in [6.07, 6.45) is 0. The standard InChI is InChI=1S/C14H14F2N2O2S/c1-18(9-10-2-4-11(17)5-3-10)21(19,20)12-6-7-13(15)14(16)8-12/h2-8H,9,17H2,1H3. The van der Waals surface area contributed by atoms with Crippen LogP contribution in [0.4, 0.5) is 14.5 Å². The average Bonchev–Trinajstić information content (AvgIpc) is 2.44. The van der Waals surface area contributed by atoms with Crippen LogP contribution in [-0.2, 0) is 16.6 Å². The molecule has 0 unspecified atom stereocenters. The van der Waals surface area contributed by atoms with Crippen LogP contribution >= 0.6 is 0 Å². The van der Waals surface area contributed by atoms with Crippen LogP contribution in [-0.4, -0.2) is 19.8 Å². The fourth-order valence-corrected chi connectivity index (χ4v) is 2.95. The first-order valence-corrected chi connectivity index (χ1v) is 7.50. The summed E-state index contributed by atoms with van der Waals surface area (Å²) in [7, 11) is -2.52. The lowest BCUT2D eigenvalue weighted by Gasteiger charge is -2.17. The maximum absolute atomic E-state index is 13.2. The van der Waals surface area contributed by atoms with Gasteiger partial charge in [0, 0.05) is 19.3 Å². The zero-order valence-electron chi connectivity index (χ0n) is 11.3. The van der Waals surface area contributed by atoms with E-state index < -0.39 is 21.7 Å². The molecular weight excluding hydrogens is 298 g/mol. The number of benzene rings is 2. The van der Waals surface area contributed by atoms with Crippen molar-refractivity contribution in [3.05, 3.63) is 59.7 Å². The number of halogens is 2. The van der Waals surface area contributed by atoms with E-state index in [4.69, 9.17) is 5.73 Å². The van der Waals surface area contributed by atoms with Gasteiger partial charge in [-0.1, -0.05) is 12.1 Å². The Bertz CT molecular complexity index is 746. The van der Waals surface area contributed by atoms with E-state index in [0.717, 1.165) is 22.0 Å². The van der Waals surface area contributed by atoms with Crippen LogP contribution in [0.2, 0.25) is 0 Å². The fraction of sp³-hybridized carbons (Fsp3) is 0.143. The Labute approximate surface area is 121 Å². The van der Waals surface area contributed by atoms with Crippen molar-refractivity contribution in [1.29, 1.82) is 0 Å². The summed E-state index contributed by atoms with van der Waals surface area (Å²) in [4.78, 5) is -0.292. The minimum absolute atomic E-state index is 0.0988. The minimum atomic E-state index is -3.89. The van der Waals surface area contributed by atoms with Gasteiger partial charge in [-0.2, -0.15) is 4.31 Å². The summed E-state index contributed by atoms with van der Waals surface area (Å²) < 4.78 is 51.7. The SMILES string of the molecule is CN(Cc1ccc(N)cc1)S(=O)(=O)c1ccc(F)c(F)c1. The summed E-state index contributed by atoms with van der Waals surface area (Å²) in [6.45, 7) is 0.0988. The molecule has 2 N–H and O–H groups in total. The molecule has 2 rings (SSSR count). The van der Waals surface area contributed by atoms with Crippen LogP contribution in [0.15, 0.2) is 47.4 Å². The molecular formula is C14H14F2N2O2S. The van der Waals surface area contributed by atoms with Gasteiger partial charge < -0.3 is 5.73 Å². The van der Waals surface area contributed by atoms with Crippen LogP contribution < -0.4 is 5.73 Å². The number of nitrogens with two attached hydrogens (primary N) is 1. The lowest BCUT2D eigenvalue weighted by Crippen LogP contribution is -2.26. The monoisotopic (exact) mass is 312 g/mol. The second-order valence-corrected chi connectivity index (χ2v) is 6.62. The van der Waals surface area contributed by atoms with Crippen molar-refractivity contribution in [2.45, 2.75) is 11.4 Å². The number of sulfonamides is 1. The highest BCUT2D eigenvalue weighted by molar-refractivity contribution is 7.89. The van der Waals surface area contributed by atoms with E-state index in [1.807, 2.05) is 0 Å². The van der Waals surface area contributed by atoms with Gasteiger partial charge in [-0.15, -0.1) is 0 Å². The second kappa shape index (κ2) is 5.79. The van der Waals surface area contributed by atoms with Crippen LogP contribution in [0.25, 0.3) is 0 Å². The molecule has 0 spiro atoms. The third kappa shape index (κ3) is 3.37. The van der Waals surface area contributed by atoms with E-state index in [-0.39, 0.29) is 11.4 Å². The van der Waals surface area contributed by atoms with E-state index in [0.29, 0.717) is 11.8 Å². The lowest BCUT2D eigenvalue weighted by atomic mass is 10.2. The van der Waals surface area contributed by atoms with Crippen molar-refractivity contribution in [3.63, 3.8) is 0 Å². The van der Waals surface area contributed by atoms with Gasteiger partial charge in [-0.3, -0.25) is 0 Å². The zero-order valence-corrected chi connectivity index (χ0v) is 12.1. The van der Waals surface area contributed by atoms with Gasteiger partial charge in [0.25, 0.3) is 0 Å². The predicted octanol–water partition coefficient (Wildman–Crippen LogP) is 2.37. The molecule has 0 aromatic heterocycles. The van der Waals surface area contributed by atoms with E-state index in [2.05, 4.69) is 0 Å². The Balaban J connectivity index is 2.25. The largest absolute Gasteiger partial charge is 0.399 e. The van der Waals surface area contributed by atoms with Crippen molar-refractivity contribution in [1.82, 2.24) is 4.31 Å². The molecule has 0 bridgehead atoms. The molecule has 0 atom stereocenters. The van der Waals surface area contributed by atoms with Gasteiger partial charge in [0.15, 0.2) is 11.6 Å². The molecule has 0 fully saturated rings. The molecule has 0 radical (unpaired) electrons. The average molecular weight is 312 g/mol. The van der Waals surface area contributed by atoms with Gasteiger partial charge >= 0.3 is 0 Å². The maximum atomic E-state index is 13.2. The number of hydrogen-bond donors (Lipinski definition) is 1.